The van der Waals surface area contributed by atoms with Crippen molar-refractivity contribution in [1.29, 1.82) is 0 Å². The molecule has 0 radical (unpaired) electrons. The molecule has 2 aromatic rings. The second-order valence-electron chi connectivity index (χ2n) is 4.94. The van der Waals surface area contributed by atoms with E-state index in [1.54, 1.807) is 11.8 Å². The zero-order chi connectivity index (χ0) is 17.4. The molecule has 2 rings (SSSR count). The third-order valence-electron chi connectivity index (χ3n) is 2.82. The Hall–Kier alpha value is -1.25. The van der Waals surface area contributed by atoms with E-state index in [9.17, 15) is 9.59 Å². The summed E-state index contributed by atoms with van der Waals surface area (Å²) < 4.78 is 0.899. The van der Waals surface area contributed by atoms with Crippen molar-refractivity contribution in [2.75, 3.05) is 16.8 Å². The summed E-state index contributed by atoms with van der Waals surface area (Å²) in [4.78, 5) is 30.8. The molecule has 0 fully saturated rings. The first-order valence-electron chi connectivity index (χ1n) is 7.43. The first-order valence-corrected chi connectivity index (χ1v) is 10.4. The van der Waals surface area contributed by atoms with Gasteiger partial charge in [0.2, 0.25) is 5.91 Å². The second kappa shape index (κ2) is 9.90. The van der Waals surface area contributed by atoms with Gasteiger partial charge in [-0.3, -0.25) is 9.59 Å². The average molecular weight is 428 g/mol. The van der Waals surface area contributed by atoms with Crippen LogP contribution in [0.3, 0.4) is 0 Å². The van der Waals surface area contributed by atoms with Gasteiger partial charge in [0.05, 0.1) is 11.4 Å². The van der Waals surface area contributed by atoms with Crippen LogP contribution in [-0.2, 0) is 10.5 Å². The molecule has 5 nitrogen and oxygen atoms in total. The molecule has 0 saturated carbocycles. The number of benzene rings is 1. The SMILES string of the molecule is CCCSCc1cc(=O)[nH]c(SCC(=O)Nc2cccc(Br)c2)n1. The van der Waals surface area contributed by atoms with Gasteiger partial charge in [-0.1, -0.05) is 40.7 Å². The molecule has 128 valence electrons. The Balaban J connectivity index is 1.91. The van der Waals surface area contributed by atoms with Crippen molar-refractivity contribution in [2.24, 2.45) is 0 Å². The van der Waals surface area contributed by atoms with E-state index in [0.717, 1.165) is 28.0 Å². The number of hydrogen-bond donors (Lipinski definition) is 2. The fourth-order valence-corrected chi connectivity index (χ4v) is 3.73. The minimum Gasteiger partial charge on any atom is -0.325 e. The minimum atomic E-state index is -0.188. The molecule has 0 aliphatic heterocycles. The highest BCUT2D eigenvalue weighted by molar-refractivity contribution is 9.10. The van der Waals surface area contributed by atoms with Crippen LogP contribution in [-0.4, -0.2) is 27.4 Å². The van der Waals surface area contributed by atoms with E-state index in [4.69, 9.17) is 0 Å². The highest BCUT2D eigenvalue weighted by Crippen LogP contribution is 2.18. The number of rotatable bonds is 8. The van der Waals surface area contributed by atoms with Gasteiger partial charge in [0.15, 0.2) is 5.16 Å². The standard InChI is InChI=1S/C16H18BrN3O2S2/c1-2-6-23-9-13-8-14(21)20-16(19-13)24-10-15(22)18-12-5-3-4-11(17)7-12/h3-5,7-8H,2,6,9-10H2,1H3,(H,18,22)(H,19,20,21). The summed E-state index contributed by atoms with van der Waals surface area (Å²) in [6.07, 6.45) is 1.09. The highest BCUT2D eigenvalue weighted by Gasteiger charge is 2.07. The van der Waals surface area contributed by atoms with Crippen LogP contribution in [0.1, 0.15) is 19.0 Å². The number of halogens is 1. The molecule has 0 saturated heterocycles. The zero-order valence-electron chi connectivity index (χ0n) is 13.2. The normalized spacial score (nSPS) is 10.6. The summed E-state index contributed by atoms with van der Waals surface area (Å²) in [6, 6.07) is 8.89. The van der Waals surface area contributed by atoms with Crippen molar-refractivity contribution in [2.45, 2.75) is 24.3 Å². The van der Waals surface area contributed by atoms with Crippen LogP contribution in [0.15, 0.2) is 44.8 Å². The van der Waals surface area contributed by atoms with Crippen LogP contribution in [0.4, 0.5) is 5.69 Å². The molecule has 0 aliphatic rings. The number of nitrogens with zero attached hydrogens (tertiary/aromatic N) is 1. The Morgan fingerprint density at radius 3 is 2.96 bits per heavy atom. The van der Waals surface area contributed by atoms with E-state index in [0.29, 0.717) is 10.9 Å². The van der Waals surface area contributed by atoms with Gasteiger partial charge in [0.1, 0.15) is 0 Å². The van der Waals surface area contributed by atoms with Crippen molar-refractivity contribution in [3.63, 3.8) is 0 Å². The third kappa shape index (κ3) is 6.70. The first kappa shape index (κ1) is 19.1. The lowest BCUT2D eigenvalue weighted by Gasteiger charge is -2.06. The third-order valence-corrected chi connectivity index (χ3v) is 5.38. The van der Waals surface area contributed by atoms with Crippen molar-refractivity contribution < 1.29 is 4.79 Å². The molecule has 0 bridgehead atoms. The van der Waals surface area contributed by atoms with Crippen LogP contribution in [0.25, 0.3) is 0 Å². The van der Waals surface area contributed by atoms with Gasteiger partial charge in [-0.15, -0.1) is 0 Å². The molecular weight excluding hydrogens is 410 g/mol. The van der Waals surface area contributed by atoms with Gasteiger partial charge in [-0.05, 0) is 30.4 Å². The van der Waals surface area contributed by atoms with E-state index in [-0.39, 0.29) is 17.2 Å². The quantitative estimate of drug-likeness (QED) is 0.379. The van der Waals surface area contributed by atoms with E-state index < -0.39 is 0 Å². The number of anilines is 1. The van der Waals surface area contributed by atoms with Crippen LogP contribution in [0.2, 0.25) is 0 Å². The predicted molar refractivity (Wildman–Crippen MR) is 105 cm³/mol. The summed E-state index contributed by atoms with van der Waals surface area (Å²) in [5.41, 5.74) is 1.28. The number of aromatic nitrogens is 2. The Morgan fingerprint density at radius 1 is 1.38 bits per heavy atom. The molecule has 0 spiro atoms. The summed E-state index contributed by atoms with van der Waals surface area (Å²) in [7, 11) is 0. The number of carbonyl (C=O) groups excluding carboxylic acids is 1. The molecule has 0 aliphatic carbocycles. The molecule has 1 aromatic heterocycles. The topological polar surface area (TPSA) is 74.8 Å². The minimum absolute atomic E-state index is 0.147. The van der Waals surface area contributed by atoms with Gasteiger partial charge in [0.25, 0.3) is 5.56 Å². The van der Waals surface area contributed by atoms with Crippen LogP contribution >= 0.6 is 39.5 Å². The van der Waals surface area contributed by atoms with Crippen LogP contribution < -0.4 is 10.9 Å². The van der Waals surface area contributed by atoms with Crippen molar-refractivity contribution >= 4 is 51.0 Å². The van der Waals surface area contributed by atoms with Gasteiger partial charge in [-0.2, -0.15) is 11.8 Å². The Bertz CT molecular complexity index is 752. The summed E-state index contributed by atoms with van der Waals surface area (Å²) in [6.45, 7) is 2.11. The Labute approximate surface area is 157 Å². The fourth-order valence-electron chi connectivity index (χ4n) is 1.84. The van der Waals surface area contributed by atoms with E-state index in [1.807, 2.05) is 24.3 Å². The number of hydrogen-bond acceptors (Lipinski definition) is 5. The fraction of sp³-hybridized carbons (Fsp3) is 0.312. The maximum absolute atomic E-state index is 12.0. The van der Waals surface area contributed by atoms with Gasteiger partial charge in [-0.25, -0.2) is 4.98 Å². The largest absolute Gasteiger partial charge is 0.325 e. The predicted octanol–water partition coefficient (Wildman–Crippen LogP) is 3.91. The van der Waals surface area contributed by atoms with E-state index in [2.05, 4.69) is 38.1 Å². The molecule has 0 unspecified atom stereocenters. The lowest BCUT2D eigenvalue weighted by atomic mass is 10.3. The van der Waals surface area contributed by atoms with Crippen LogP contribution in [0, 0.1) is 0 Å². The number of nitrogens with one attached hydrogen (secondary N) is 2. The number of carbonyl (C=O) groups is 1. The maximum atomic E-state index is 12.0. The molecule has 1 amide bonds. The van der Waals surface area contributed by atoms with Gasteiger partial charge in [0, 0.05) is 22.0 Å². The smallest absolute Gasteiger partial charge is 0.251 e. The molecule has 8 heteroatoms. The lowest BCUT2D eigenvalue weighted by Crippen LogP contribution is -2.15. The maximum Gasteiger partial charge on any atom is 0.251 e. The van der Waals surface area contributed by atoms with Gasteiger partial charge >= 0.3 is 0 Å². The number of amides is 1. The van der Waals surface area contributed by atoms with Crippen molar-refractivity contribution in [3.8, 4) is 0 Å². The molecule has 2 N–H and O–H groups in total. The van der Waals surface area contributed by atoms with Gasteiger partial charge < -0.3 is 10.3 Å². The molecule has 24 heavy (non-hydrogen) atoms. The molecule has 1 heterocycles. The van der Waals surface area contributed by atoms with Crippen molar-refractivity contribution in [3.05, 3.63) is 50.9 Å². The summed E-state index contributed by atoms with van der Waals surface area (Å²) in [5.74, 6) is 1.77. The molecular formula is C16H18BrN3O2S2. The number of thioether (sulfide) groups is 2. The van der Waals surface area contributed by atoms with Crippen LogP contribution in [0.5, 0.6) is 0 Å². The van der Waals surface area contributed by atoms with E-state index in [1.165, 1.54) is 17.8 Å². The monoisotopic (exact) mass is 427 g/mol. The zero-order valence-corrected chi connectivity index (χ0v) is 16.4. The number of H-pyrrole nitrogens is 1. The number of aromatic amines is 1. The first-order chi connectivity index (χ1) is 11.6. The molecule has 0 atom stereocenters. The van der Waals surface area contributed by atoms with Crippen molar-refractivity contribution in [1.82, 2.24) is 9.97 Å². The summed E-state index contributed by atoms with van der Waals surface area (Å²) in [5, 5.41) is 3.28. The second-order valence-corrected chi connectivity index (χ2v) is 7.93. The Kier molecular flexibility index (Phi) is 7.87. The Morgan fingerprint density at radius 2 is 2.21 bits per heavy atom. The molecule has 1 aromatic carbocycles. The summed E-state index contributed by atoms with van der Waals surface area (Å²) >= 11 is 6.32. The van der Waals surface area contributed by atoms with E-state index >= 15 is 0 Å². The average Bonchev–Trinajstić information content (AvgIpc) is 2.53. The highest BCUT2D eigenvalue weighted by atomic mass is 79.9. The lowest BCUT2D eigenvalue weighted by molar-refractivity contribution is -0.113.